The lowest BCUT2D eigenvalue weighted by molar-refractivity contribution is 0.0951. The number of hydrogen-bond acceptors (Lipinski definition) is 2. The molecule has 106 valence electrons. The first-order chi connectivity index (χ1) is 9.08. The van der Waals surface area contributed by atoms with Gasteiger partial charge in [0.2, 0.25) is 0 Å². The van der Waals surface area contributed by atoms with Crippen molar-refractivity contribution in [1.29, 1.82) is 0 Å². The van der Waals surface area contributed by atoms with E-state index in [1.807, 2.05) is 0 Å². The maximum atomic E-state index is 13.1. The molecule has 1 aromatic rings. The summed E-state index contributed by atoms with van der Waals surface area (Å²) < 4.78 is 13.1. The van der Waals surface area contributed by atoms with Crippen LogP contribution in [0.15, 0.2) is 18.2 Å². The highest BCUT2D eigenvalue weighted by atomic mass is 19.1. The van der Waals surface area contributed by atoms with Crippen molar-refractivity contribution in [2.75, 3.05) is 26.2 Å². The van der Waals surface area contributed by atoms with Gasteiger partial charge in [0, 0.05) is 12.1 Å². The quantitative estimate of drug-likeness (QED) is 0.769. The molecule has 0 atom stereocenters. The molecule has 0 aliphatic heterocycles. The highest BCUT2D eigenvalue weighted by Crippen LogP contribution is 2.08. The lowest BCUT2D eigenvalue weighted by Crippen LogP contribution is -2.29. The van der Waals surface area contributed by atoms with Crippen LogP contribution in [-0.2, 0) is 0 Å². The topological polar surface area (TPSA) is 32.3 Å². The summed E-state index contributed by atoms with van der Waals surface area (Å²) in [5, 5.41) is 2.86. The van der Waals surface area contributed by atoms with Crippen LogP contribution in [0.5, 0.6) is 0 Å². The Labute approximate surface area is 114 Å². The zero-order valence-electron chi connectivity index (χ0n) is 12.0. The maximum Gasteiger partial charge on any atom is 0.251 e. The van der Waals surface area contributed by atoms with E-state index in [9.17, 15) is 9.18 Å². The number of hydrogen-bond donors (Lipinski definition) is 1. The Bertz CT molecular complexity index is 417. The number of amides is 1. The van der Waals surface area contributed by atoms with Gasteiger partial charge < -0.3 is 10.2 Å². The summed E-state index contributed by atoms with van der Waals surface area (Å²) in [6.07, 6.45) is 0.924. The molecule has 0 fully saturated rings. The van der Waals surface area contributed by atoms with E-state index in [0.717, 1.165) is 26.1 Å². The van der Waals surface area contributed by atoms with Gasteiger partial charge in [-0.2, -0.15) is 0 Å². The van der Waals surface area contributed by atoms with E-state index < -0.39 is 0 Å². The van der Waals surface area contributed by atoms with E-state index in [2.05, 4.69) is 24.1 Å². The Morgan fingerprint density at radius 3 is 2.58 bits per heavy atom. The summed E-state index contributed by atoms with van der Waals surface area (Å²) >= 11 is 0. The van der Waals surface area contributed by atoms with Crippen LogP contribution in [0.3, 0.4) is 0 Å². The predicted molar refractivity (Wildman–Crippen MR) is 75.9 cm³/mol. The second-order valence-electron chi connectivity index (χ2n) is 4.60. The molecule has 1 amide bonds. The fraction of sp³-hybridized carbons (Fsp3) is 0.533. The molecule has 0 aromatic heterocycles. The van der Waals surface area contributed by atoms with Crippen LogP contribution in [0.2, 0.25) is 0 Å². The van der Waals surface area contributed by atoms with E-state index >= 15 is 0 Å². The second-order valence-corrected chi connectivity index (χ2v) is 4.60. The fourth-order valence-corrected chi connectivity index (χ4v) is 1.93. The summed E-state index contributed by atoms with van der Waals surface area (Å²) in [6.45, 7) is 9.60. The lowest BCUT2D eigenvalue weighted by Gasteiger charge is -2.17. The number of rotatable bonds is 7. The van der Waals surface area contributed by atoms with Crippen LogP contribution in [0.1, 0.15) is 36.2 Å². The molecule has 0 unspecified atom stereocenters. The minimum atomic E-state index is -0.280. The van der Waals surface area contributed by atoms with Crippen molar-refractivity contribution >= 4 is 5.91 Å². The summed E-state index contributed by atoms with van der Waals surface area (Å²) in [7, 11) is 0. The molecule has 1 rings (SSSR count). The molecule has 0 heterocycles. The van der Waals surface area contributed by atoms with Crippen LogP contribution >= 0.6 is 0 Å². The maximum absolute atomic E-state index is 13.1. The molecule has 0 spiro atoms. The number of halogens is 1. The van der Waals surface area contributed by atoms with Crippen LogP contribution in [0.25, 0.3) is 0 Å². The number of nitrogens with zero attached hydrogens (tertiary/aromatic N) is 1. The molecule has 1 aromatic carbocycles. The van der Waals surface area contributed by atoms with Gasteiger partial charge in [0.15, 0.2) is 0 Å². The minimum Gasteiger partial charge on any atom is -0.352 e. The first kappa shape index (κ1) is 15.6. The Morgan fingerprint density at radius 1 is 1.32 bits per heavy atom. The molecule has 0 saturated carbocycles. The van der Waals surface area contributed by atoms with E-state index in [0.29, 0.717) is 17.7 Å². The molecule has 0 aliphatic carbocycles. The van der Waals surface area contributed by atoms with Crippen molar-refractivity contribution in [3.05, 3.63) is 35.1 Å². The van der Waals surface area contributed by atoms with Crippen LogP contribution in [-0.4, -0.2) is 37.0 Å². The molecular formula is C15H23FN2O. The van der Waals surface area contributed by atoms with Crippen LogP contribution < -0.4 is 5.32 Å². The average Bonchev–Trinajstić information content (AvgIpc) is 2.42. The van der Waals surface area contributed by atoms with Crippen molar-refractivity contribution in [3.63, 3.8) is 0 Å². The summed E-state index contributed by atoms with van der Waals surface area (Å²) in [5.41, 5.74) is 1.01. The Morgan fingerprint density at radius 2 is 2.00 bits per heavy atom. The smallest absolute Gasteiger partial charge is 0.251 e. The molecule has 1 N–H and O–H groups in total. The zero-order valence-corrected chi connectivity index (χ0v) is 12.0. The van der Waals surface area contributed by atoms with E-state index in [-0.39, 0.29) is 11.7 Å². The van der Waals surface area contributed by atoms with Crippen molar-refractivity contribution < 1.29 is 9.18 Å². The molecule has 0 bridgehead atoms. The number of carbonyl (C=O) groups excluding carboxylic acids is 1. The number of carbonyl (C=O) groups is 1. The third-order valence-electron chi connectivity index (χ3n) is 3.25. The van der Waals surface area contributed by atoms with Crippen molar-refractivity contribution in [2.45, 2.75) is 27.2 Å². The summed E-state index contributed by atoms with van der Waals surface area (Å²) in [4.78, 5) is 14.2. The van der Waals surface area contributed by atoms with Crippen molar-refractivity contribution in [1.82, 2.24) is 10.2 Å². The second kappa shape index (κ2) is 7.89. The molecule has 0 saturated heterocycles. The Hall–Kier alpha value is -1.42. The average molecular weight is 266 g/mol. The number of benzene rings is 1. The predicted octanol–water partition coefficient (Wildman–Crippen LogP) is 2.60. The first-order valence-electron chi connectivity index (χ1n) is 6.85. The van der Waals surface area contributed by atoms with E-state index in [4.69, 9.17) is 0 Å². The van der Waals surface area contributed by atoms with Crippen molar-refractivity contribution in [3.8, 4) is 0 Å². The standard InChI is InChI=1S/C15H23FN2O/c1-4-18(5-2)10-6-9-17-15(19)13-7-8-14(16)12(3)11-13/h7-8,11H,4-6,9-10H2,1-3H3,(H,17,19). The molecule has 3 nitrogen and oxygen atoms in total. The highest BCUT2D eigenvalue weighted by molar-refractivity contribution is 5.94. The van der Waals surface area contributed by atoms with Gasteiger partial charge in [0.25, 0.3) is 5.91 Å². The van der Waals surface area contributed by atoms with Gasteiger partial charge in [0.05, 0.1) is 0 Å². The zero-order chi connectivity index (χ0) is 14.3. The number of aryl methyl sites for hydroxylation is 1. The molecule has 19 heavy (non-hydrogen) atoms. The number of nitrogens with one attached hydrogen (secondary N) is 1. The Kier molecular flexibility index (Phi) is 6.50. The molecular weight excluding hydrogens is 243 g/mol. The Balaban J connectivity index is 2.37. The van der Waals surface area contributed by atoms with Crippen LogP contribution in [0.4, 0.5) is 4.39 Å². The van der Waals surface area contributed by atoms with Gasteiger partial charge in [-0.1, -0.05) is 13.8 Å². The van der Waals surface area contributed by atoms with Gasteiger partial charge >= 0.3 is 0 Å². The summed E-state index contributed by atoms with van der Waals surface area (Å²) in [6, 6.07) is 4.43. The van der Waals surface area contributed by atoms with Crippen molar-refractivity contribution in [2.24, 2.45) is 0 Å². The SMILES string of the molecule is CCN(CC)CCCNC(=O)c1ccc(F)c(C)c1. The largest absolute Gasteiger partial charge is 0.352 e. The van der Waals surface area contributed by atoms with E-state index in [1.54, 1.807) is 13.0 Å². The molecule has 0 aliphatic rings. The summed E-state index contributed by atoms with van der Waals surface area (Å²) in [5.74, 6) is -0.416. The van der Waals surface area contributed by atoms with E-state index in [1.165, 1.54) is 12.1 Å². The fourth-order valence-electron chi connectivity index (χ4n) is 1.93. The first-order valence-corrected chi connectivity index (χ1v) is 6.85. The van der Waals surface area contributed by atoms with Gasteiger partial charge in [-0.15, -0.1) is 0 Å². The monoisotopic (exact) mass is 266 g/mol. The third-order valence-corrected chi connectivity index (χ3v) is 3.25. The normalized spacial score (nSPS) is 10.8. The van der Waals surface area contributed by atoms with Gasteiger partial charge in [-0.05, 0) is 56.7 Å². The van der Waals surface area contributed by atoms with Gasteiger partial charge in [0.1, 0.15) is 5.82 Å². The van der Waals surface area contributed by atoms with Gasteiger partial charge in [-0.3, -0.25) is 4.79 Å². The van der Waals surface area contributed by atoms with Gasteiger partial charge in [-0.25, -0.2) is 4.39 Å². The minimum absolute atomic E-state index is 0.136. The highest BCUT2D eigenvalue weighted by Gasteiger charge is 2.07. The lowest BCUT2D eigenvalue weighted by atomic mass is 10.1. The molecule has 0 radical (unpaired) electrons. The molecule has 4 heteroatoms. The van der Waals surface area contributed by atoms with Crippen LogP contribution in [0, 0.1) is 12.7 Å². The third kappa shape index (κ3) is 4.99.